The van der Waals surface area contributed by atoms with Crippen molar-refractivity contribution in [3.63, 3.8) is 0 Å². The molecule has 0 bridgehead atoms. The lowest BCUT2D eigenvalue weighted by atomic mass is 9.91. The van der Waals surface area contributed by atoms with Gasteiger partial charge in [0.05, 0.1) is 0 Å². The summed E-state index contributed by atoms with van der Waals surface area (Å²) < 4.78 is 0. The first-order chi connectivity index (χ1) is 5.86. The van der Waals surface area contributed by atoms with Gasteiger partial charge in [-0.2, -0.15) is 0 Å². The molecular formula is C8H7BNO2. The SMILES string of the molecule is O[B]c1ccc(C#CCO)nc1. The van der Waals surface area contributed by atoms with Crippen LogP contribution in [0.25, 0.3) is 0 Å². The molecule has 3 nitrogen and oxygen atoms in total. The third-order valence-corrected chi connectivity index (χ3v) is 1.23. The smallest absolute Gasteiger partial charge is 0.328 e. The minimum Gasteiger partial charge on any atom is -0.450 e. The minimum atomic E-state index is -0.171. The van der Waals surface area contributed by atoms with E-state index >= 15 is 0 Å². The number of nitrogens with zero attached hydrogens (tertiary/aromatic N) is 1. The zero-order valence-corrected chi connectivity index (χ0v) is 6.36. The van der Waals surface area contributed by atoms with E-state index in [1.807, 2.05) is 0 Å². The standard InChI is InChI=1S/C8H7BNO2/c11-5-1-2-8-4-3-7(9-12)6-10-8/h3-4,6,11-12H,5H2. The molecule has 59 valence electrons. The lowest BCUT2D eigenvalue weighted by Crippen LogP contribution is -2.13. The molecule has 0 aliphatic carbocycles. The maximum Gasteiger partial charge on any atom is 0.328 e. The molecule has 1 radical (unpaired) electrons. The van der Waals surface area contributed by atoms with Crippen molar-refractivity contribution in [3.05, 3.63) is 24.0 Å². The molecule has 0 aliphatic rings. The summed E-state index contributed by atoms with van der Waals surface area (Å²) in [7, 11) is 0.969. The van der Waals surface area contributed by atoms with Crippen molar-refractivity contribution in [2.24, 2.45) is 0 Å². The van der Waals surface area contributed by atoms with Crippen molar-refractivity contribution in [2.75, 3.05) is 6.61 Å². The zero-order chi connectivity index (χ0) is 8.81. The highest BCUT2D eigenvalue weighted by atomic mass is 16.2. The maximum absolute atomic E-state index is 8.56. The Morgan fingerprint density at radius 1 is 1.50 bits per heavy atom. The van der Waals surface area contributed by atoms with Crippen molar-refractivity contribution >= 4 is 12.9 Å². The van der Waals surface area contributed by atoms with Crippen LogP contribution in [0.4, 0.5) is 0 Å². The molecular weight excluding hydrogens is 153 g/mol. The summed E-state index contributed by atoms with van der Waals surface area (Å²) in [6, 6.07) is 3.36. The number of hydrogen-bond donors (Lipinski definition) is 2. The van der Waals surface area contributed by atoms with E-state index in [0.717, 1.165) is 7.48 Å². The Balaban J connectivity index is 2.78. The van der Waals surface area contributed by atoms with Crippen LogP contribution in [-0.2, 0) is 0 Å². The van der Waals surface area contributed by atoms with Crippen molar-refractivity contribution in [3.8, 4) is 11.8 Å². The average Bonchev–Trinajstić information content (AvgIpc) is 2.15. The molecule has 0 aliphatic heterocycles. The number of pyridine rings is 1. The van der Waals surface area contributed by atoms with Gasteiger partial charge in [-0.1, -0.05) is 12.0 Å². The monoisotopic (exact) mass is 160 g/mol. The molecule has 1 aromatic heterocycles. The Morgan fingerprint density at radius 3 is 2.83 bits per heavy atom. The normalized spacial score (nSPS) is 8.50. The molecule has 1 heterocycles. The highest BCUT2D eigenvalue weighted by Crippen LogP contribution is 1.86. The van der Waals surface area contributed by atoms with Crippen LogP contribution in [0, 0.1) is 11.8 Å². The number of rotatable bonds is 1. The molecule has 0 spiro atoms. The van der Waals surface area contributed by atoms with Gasteiger partial charge in [0.1, 0.15) is 12.3 Å². The molecule has 0 aromatic carbocycles. The summed E-state index contributed by atoms with van der Waals surface area (Å²) in [6.45, 7) is -0.171. The summed E-state index contributed by atoms with van der Waals surface area (Å²) in [5, 5.41) is 16.9. The minimum absolute atomic E-state index is 0.171. The number of aliphatic hydroxyl groups excluding tert-OH is 1. The lowest BCUT2D eigenvalue weighted by Gasteiger charge is -1.91. The lowest BCUT2D eigenvalue weighted by molar-refractivity contribution is 0.350. The fraction of sp³-hybridized carbons (Fsp3) is 0.125. The first kappa shape index (κ1) is 8.79. The van der Waals surface area contributed by atoms with Crippen LogP contribution in [0.3, 0.4) is 0 Å². The van der Waals surface area contributed by atoms with Gasteiger partial charge in [-0.25, -0.2) is 4.98 Å². The fourth-order valence-electron chi connectivity index (χ4n) is 0.686. The van der Waals surface area contributed by atoms with Crippen molar-refractivity contribution in [1.82, 2.24) is 4.98 Å². The van der Waals surface area contributed by atoms with Crippen LogP contribution < -0.4 is 5.46 Å². The number of hydrogen-bond acceptors (Lipinski definition) is 3. The van der Waals surface area contributed by atoms with Crippen LogP contribution in [0.15, 0.2) is 18.3 Å². The molecule has 4 heteroatoms. The molecule has 0 saturated heterocycles. The van der Waals surface area contributed by atoms with Gasteiger partial charge in [-0.3, -0.25) is 0 Å². The third-order valence-electron chi connectivity index (χ3n) is 1.23. The van der Waals surface area contributed by atoms with Crippen LogP contribution in [0.1, 0.15) is 5.69 Å². The molecule has 1 rings (SSSR count). The van der Waals surface area contributed by atoms with E-state index in [0.29, 0.717) is 11.2 Å². The molecule has 0 amide bonds. The topological polar surface area (TPSA) is 53.4 Å². The summed E-state index contributed by atoms with van der Waals surface area (Å²) in [4.78, 5) is 3.91. The van der Waals surface area contributed by atoms with Gasteiger partial charge in [0, 0.05) is 6.20 Å². The second-order valence-electron chi connectivity index (χ2n) is 2.07. The number of aliphatic hydroxyl groups is 1. The average molecular weight is 160 g/mol. The predicted octanol–water partition coefficient (Wildman–Crippen LogP) is -1.34. The highest BCUT2D eigenvalue weighted by molar-refractivity contribution is 6.45. The molecule has 0 fully saturated rings. The van der Waals surface area contributed by atoms with Gasteiger partial charge in [0.25, 0.3) is 0 Å². The van der Waals surface area contributed by atoms with E-state index in [9.17, 15) is 0 Å². The summed E-state index contributed by atoms with van der Waals surface area (Å²) in [5.74, 6) is 5.11. The summed E-state index contributed by atoms with van der Waals surface area (Å²) >= 11 is 0. The Bertz CT molecular complexity index is 299. The Hall–Kier alpha value is -1.31. The van der Waals surface area contributed by atoms with Gasteiger partial charge in [0.15, 0.2) is 0 Å². The van der Waals surface area contributed by atoms with Crippen molar-refractivity contribution in [1.29, 1.82) is 0 Å². The summed E-state index contributed by atoms with van der Waals surface area (Å²) in [6.07, 6.45) is 1.50. The quantitative estimate of drug-likeness (QED) is 0.395. The Morgan fingerprint density at radius 2 is 2.33 bits per heavy atom. The van der Waals surface area contributed by atoms with Crippen LogP contribution >= 0.6 is 0 Å². The van der Waals surface area contributed by atoms with E-state index in [4.69, 9.17) is 10.1 Å². The molecule has 12 heavy (non-hydrogen) atoms. The van der Waals surface area contributed by atoms with Gasteiger partial charge in [-0.15, -0.1) is 0 Å². The first-order valence-electron chi connectivity index (χ1n) is 3.40. The van der Waals surface area contributed by atoms with E-state index in [1.165, 1.54) is 6.20 Å². The van der Waals surface area contributed by atoms with E-state index in [-0.39, 0.29) is 6.61 Å². The Kier molecular flexibility index (Phi) is 3.33. The third kappa shape index (κ3) is 2.38. The second-order valence-corrected chi connectivity index (χ2v) is 2.07. The second kappa shape index (κ2) is 4.55. The maximum atomic E-state index is 8.56. The van der Waals surface area contributed by atoms with Crippen molar-refractivity contribution < 1.29 is 10.1 Å². The predicted molar refractivity (Wildman–Crippen MR) is 45.8 cm³/mol. The molecule has 0 atom stereocenters. The Labute approximate surface area is 71.4 Å². The van der Waals surface area contributed by atoms with Gasteiger partial charge in [0.2, 0.25) is 0 Å². The molecule has 0 saturated carbocycles. The van der Waals surface area contributed by atoms with Crippen LogP contribution in [-0.4, -0.2) is 29.2 Å². The van der Waals surface area contributed by atoms with Crippen LogP contribution in [0.5, 0.6) is 0 Å². The van der Waals surface area contributed by atoms with Crippen LogP contribution in [0.2, 0.25) is 0 Å². The van der Waals surface area contributed by atoms with Crippen molar-refractivity contribution in [2.45, 2.75) is 0 Å². The molecule has 2 N–H and O–H groups in total. The summed E-state index contributed by atoms with van der Waals surface area (Å²) in [5.41, 5.74) is 1.21. The molecule has 0 unspecified atom stereocenters. The highest BCUT2D eigenvalue weighted by Gasteiger charge is 1.92. The van der Waals surface area contributed by atoms with Gasteiger partial charge >= 0.3 is 7.48 Å². The fourth-order valence-corrected chi connectivity index (χ4v) is 0.686. The largest absolute Gasteiger partial charge is 0.450 e. The van der Waals surface area contributed by atoms with Gasteiger partial charge in [-0.05, 0) is 17.4 Å². The first-order valence-corrected chi connectivity index (χ1v) is 3.40. The van der Waals surface area contributed by atoms with E-state index < -0.39 is 0 Å². The van der Waals surface area contributed by atoms with E-state index in [1.54, 1.807) is 12.1 Å². The zero-order valence-electron chi connectivity index (χ0n) is 6.36. The van der Waals surface area contributed by atoms with E-state index in [2.05, 4.69) is 16.8 Å². The number of aromatic nitrogens is 1. The molecule has 1 aromatic rings. The van der Waals surface area contributed by atoms with Gasteiger partial charge < -0.3 is 10.1 Å².